The summed E-state index contributed by atoms with van der Waals surface area (Å²) in [7, 11) is 0. The molecule has 0 unspecified atom stereocenters. The van der Waals surface area contributed by atoms with E-state index in [1.54, 1.807) is 16.6 Å². The highest BCUT2D eigenvalue weighted by molar-refractivity contribution is 5.65. The minimum atomic E-state index is -0.954. The molecule has 0 bridgehead atoms. The average molecular weight is 236 g/mol. The van der Waals surface area contributed by atoms with Crippen molar-refractivity contribution in [2.24, 2.45) is 0 Å². The Labute approximate surface area is 96.5 Å². The molecule has 0 radical (unpaired) electrons. The quantitative estimate of drug-likeness (QED) is 0.592. The second-order valence-electron chi connectivity index (χ2n) is 4.01. The number of hydrogen-bond acceptors (Lipinski definition) is 6. The van der Waals surface area contributed by atoms with Gasteiger partial charge in [-0.3, -0.25) is 0 Å². The van der Waals surface area contributed by atoms with E-state index in [1.165, 1.54) is 6.33 Å². The van der Waals surface area contributed by atoms with Crippen molar-refractivity contribution in [1.82, 2.24) is 14.6 Å². The molecule has 90 valence electrons. The number of nitrogen functional groups attached to an aromatic ring is 1. The van der Waals surface area contributed by atoms with Crippen LogP contribution >= 0.6 is 0 Å². The largest absolute Gasteiger partial charge is 0.388 e. The molecule has 4 N–H and O–H groups in total. The molecule has 17 heavy (non-hydrogen) atoms. The van der Waals surface area contributed by atoms with E-state index in [0.717, 1.165) is 0 Å². The number of anilines is 1. The van der Waals surface area contributed by atoms with Crippen LogP contribution < -0.4 is 5.73 Å². The summed E-state index contributed by atoms with van der Waals surface area (Å²) in [6, 6.07) is 3.51. The third kappa shape index (κ3) is 1.47. The first-order valence-corrected chi connectivity index (χ1v) is 5.24. The Morgan fingerprint density at radius 1 is 1.41 bits per heavy atom. The first-order chi connectivity index (χ1) is 8.18. The number of fused-ring (bicyclic) bond motifs is 1. The molecular weight excluding hydrogens is 224 g/mol. The number of rotatable bonds is 1. The topological polar surface area (TPSA) is 106 Å². The maximum absolute atomic E-state index is 9.80. The molecule has 3 rings (SSSR count). The van der Waals surface area contributed by atoms with Gasteiger partial charge in [-0.15, -0.1) is 0 Å². The maximum atomic E-state index is 9.80. The van der Waals surface area contributed by atoms with Gasteiger partial charge in [-0.1, -0.05) is 0 Å². The lowest BCUT2D eigenvalue weighted by Gasteiger charge is -2.14. The molecule has 0 spiro atoms. The summed E-state index contributed by atoms with van der Waals surface area (Å²) in [4.78, 5) is 3.87. The van der Waals surface area contributed by atoms with E-state index >= 15 is 0 Å². The van der Waals surface area contributed by atoms with Gasteiger partial charge in [0.1, 0.15) is 30.2 Å². The molecule has 0 amide bonds. The van der Waals surface area contributed by atoms with Gasteiger partial charge in [0.15, 0.2) is 5.82 Å². The molecule has 0 aliphatic carbocycles. The third-order valence-electron chi connectivity index (χ3n) is 2.95. The lowest BCUT2D eigenvalue weighted by Crippen LogP contribution is -2.25. The Morgan fingerprint density at radius 2 is 2.24 bits per heavy atom. The highest BCUT2D eigenvalue weighted by Crippen LogP contribution is 2.30. The molecule has 1 saturated heterocycles. The van der Waals surface area contributed by atoms with Gasteiger partial charge in [-0.2, -0.15) is 5.10 Å². The number of aromatic nitrogens is 3. The minimum Gasteiger partial charge on any atom is -0.388 e. The molecule has 2 aromatic heterocycles. The molecular formula is C10H12N4O3. The van der Waals surface area contributed by atoms with E-state index in [4.69, 9.17) is 10.5 Å². The van der Waals surface area contributed by atoms with Crippen molar-refractivity contribution in [3.63, 3.8) is 0 Å². The summed E-state index contributed by atoms with van der Waals surface area (Å²) in [6.07, 6.45) is -1.08. The number of ether oxygens (including phenoxy) is 1. The Morgan fingerprint density at radius 3 is 2.94 bits per heavy atom. The number of nitrogens with two attached hydrogens (primary N) is 1. The zero-order chi connectivity index (χ0) is 12.0. The molecule has 1 aliphatic heterocycles. The van der Waals surface area contributed by atoms with Crippen LogP contribution in [0.25, 0.3) is 5.52 Å². The second-order valence-corrected chi connectivity index (χ2v) is 4.01. The summed E-state index contributed by atoms with van der Waals surface area (Å²) in [5.74, 6) is 0.360. The number of aliphatic hydroxyl groups excluding tert-OH is 2. The van der Waals surface area contributed by atoms with E-state index in [1.807, 2.05) is 0 Å². The smallest absolute Gasteiger partial charge is 0.151 e. The Kier molecular flexibility index (Phi) is 2.25. The third-order valence-corrected chi connectivity index (χ3v) is 2.95. The van der Waals surface area contributed by atoms with Crippen LogP contribution in [0, 0.1) is 0 Å². The molecule has 7 heteroatoms. The van der Waals surface area contributed by atoms with Crippen LogP contribution in [0.4, 0.5) is 5.82 Å². The molecule has 3 heterocycles. The predicted octanol–water partition coefficient (Wildman–Crippen LogP) is -0.895. The van der Waals surface area contributed by atoms with Crippen molar-refractivity contribution in [2.45, 2.75) is 18.3 Å². The average Bonchev–Trinajstić information content (AvgIpc) is 2.86. The molecule has 1 fully saturated rings. The fourth-order valence-corrected chi connectivity index (χ4v) is 2.05. The fourth-order valence-electron chi connectivity index (χ4n) is 2.05. The normalized spacial score (nSPS) is 28.9. The molecule has 3 atom stereocenters. The first-order valence-electron chi connectivity index (χ1n) is 5.24. The van der Waals surface area contributed by atoms with Gasteiger partial charge in [-0.25, -0.2) is 9.50 Å². The highest BCUT2D eigenvalue weighted by Gasteiger charge is 2.37. The van der Waals surface area contributed by atoms with Gasteiger partial charge < -0.3 is 20.7 Å². The van der Waals surface area contributed by atoms with E-state index in [2.05, 4.69) is 10.1 Å². The summed E-state index contributed by atoms with van der Waals surface area (Å²) >= 11 is 0. The molecule has 0 aromatic carbocycles. The second kappa shape index (κ2) is 3.66. The van der Waals surface area contributed by atoms with E-state index in [0.29, 0.717) is 17.0 Å². The van der Waals surface area contributed by atoms with Crippen molar-refractivity contribution in [2.75, 3.05) is 12.3 Å². The predicted molar refractivity (Wildman–Crippen MR) is 58.1 cm³/mol. The van der Waals surface area contributed by atoms with Crippen molar-refractivity contribution < 1.29 is 14.9 Å². The van der Waals surface area contributed by atoms with Gasteiger partial charge in [0, 0.05) is 0 Å². The first kappa shape index (κ1) is 10.5. The number of aliphatic hydroxyl groups is 2. The van der Waals surface area contributed by atoms with Gasteiger partial charge in [0.05, 0.1) is 12.3 Å². The van der Waals surface area contributed by atoms with Crippen LogP contribution in [-0.4, -0.2) is 43.6 Å². The zero-order valence-electron chi connectivity index (χ0n) is 8.89. The molecule has 0 saturated carbocycles. The van der Waals surface area contributed by atoms with Crippen LogP contribution in [0.15, 0.2) is 18.5 Å². The number of nitrogens with zero attached hydrogens (tertiary/aromatic N) is 3. The summed E-state index contributed by atoms with van der Waals surface area (Å²) < 4.78 is 6.91. The Hall–Kier alpha value is -1.70. The monoisotopic (exact) mass is 236 g/mol. The van der Waals surface area contributed by atoms with Crippen molar-refractivity contribution in [3.8, 4) is 0 Å². The Balaban J connectivity index is 2.10. The molecule has 1 aliphatic rings. The van der Waals surface area contributed by atoms with Crippen LogP contribution in [0.5, 0.6) is 0 Å². The van der Waals surface area contributed by atoms with Gasteiger partial charge in [0.2, 0.25) is 0 Å². The van der Waals surface area contributed by atoms with Crippen LogP contribution in [0.2, 0.25) is 0 Å². The fraction of sp³-hybridized carbons (Fsp3) is 0.400. The van der Waals surface area contributed by atoms with Crippen molar-refractivity contribution >= 4 is 11.3 Å². The van der Waals surface area contributed by atoms with Gasteiger partial charge in [-0.05, 0) is 12.1 Å². The lowest BCUT2D eigenvalue weighted by molar-refractivity contribution is 0.0197. The van der Waals surface area contributed by atoms with Crippen LogP contribution in [0.1, 0.15) is 11.8 Å². The van der Waals surface area contributed by atoms with Gasteiger partial charge >= 0.3 is 0 Å². The molecule has 7 nitrogen and oxygen atoms in total. The van der Waals surface area contributed by atoms with Gasteiger partial charge in [0.25, 0.3) is 0 Å². The maximum Gasteiger partial charge on any atom is 0.151 e. The summed E-state index contributed by atoms with van der Waals surface area (Å²) in [6.45, 7) is 0.111. The zero-order valence-corrected chi connectivity index (χ0v) is 8.89. The summed E-state index contributed by atoms with van der Waals surface area (Å²) in [5.41, 5.74) is 7.01. The standard InChI is InChI=1S/C10H12N4O3/c11-10-6-2-1-5(14(6)13-4-12-10)9-8(16)7(15)3-17-9/h1-2,4,7-9,15-16H,3H2,(H2,11,12,13)/t7-,8-,9+/m1/s1. The SMILES string of the molecule is Nc1ncnn2c([C@@H]3OC[C@@H](O)[C@H]3O)ccc12. The van der Waals surface area contributed by atoms with E-state index in [9.17, 15) is 10.2 Å². The molecule has 2 aromatic rings. The van der Waals surface area contributed by atoms with Crippen LogP contribution in [0.3, 0.4) is 0 Å². The van der Waals surface area contributed by atoms with Crippen molar-refractivity contribution in [1.29, 1.82) is 0 Å². The lowest BCUT2D eigenvalue weighted by atomic mass is 10.1. The van der Waals surface area contributed by atoms with Crippen molar-refractivity contribution in [3.05, 3.63) is 24.2 Å². The highest BCUT2D eigenvalue weighted by atomic mass is 16.5. The number of hydrogen-bond donors (Lipinski definition) is 3. The summed E-state index contributed by atoms with van der Waals surface area (Å²) in [5, 5.41) is 23.3. The minimum absolute atomic E-state index is 0.111. The van der Waals surface area contributed by atoms with E-state index < -0.39 is 18.3 Å². The van der Waals surface area contributed by atoms with Crippen LogP contribution in [-0.2, 0) is 4.74 Å². The Bertz CT molecular complexity index is 555. The van der Waals surface area contributed by atoms with E-state index in [-0.39, 0.29) is 6.61 Å².